The maximum atomic E-state index is 9.30. The van der Waals surface area contributed by atoms with Gasteiger partial charge in [0.25, 0.3) is 0 Å². The first-order valence-electron chi connectivity index (χ1n) is 4.40. The fraction of sp³-hybridized carbons (Fsp3) is 0.500. The molecule has 12 heavy (non-hydrogen) atoms. The SMILES string of the molecule is CC[C@@H](O)CCc1cccnc1. The van der Waals surface area contributed by atoms with Gasteiger partial charge in [0.15, 0.2) is 0 Å². The Balaban J connectivity index is 2.33. The molecule has 0 aromatic carbocycles. The predicted molar refractivity (Wildman–Crippen MR) is 48.9 cm³/mol. The summed E-state index contributed by atoms with van der Waals surface area (Å²) in [5.41, 5.74) is 1.20. The van der Waals surface area contributed by atoms with Gasteiger partial charge in [-0.2, -0.15) is 0 Å². The average Bonchev–Trinajstić information content (AvgIpc) is 2.16. The molecule has 2 nitrogen and oxygen atoms in total. The highest BCUT2D eigenvalue weighted by atomic mass is 16.3. The third-order valence-corrected chi connectivity index (χ3v) is 1.96. The van der Waals surface area contributed by atoms with Crippen LogP contribution in [-0.2, 0) is 6.42 Å². The summed E-state index contributed by atoms with van der Waals surface area (Å²) in [5, 5.41) is 9.30. The zero-order valence-corrected chi connectivity index (χ0v) is 7.40. The molecule has 0 radical (unpaired) electrons. The van der Waals surface area contributed by atoms with E-state index < -0.39 is 0 Å². The van der Waals surface area contributed by atoms with Gasteiger partial charge in [-0.05, 0) is 30.9 Å². The molecule has 0 fully saturated rings. The van der Waals surface area contributed by atoms with Crippen molar-refractivity contribution < 1.29 is 5.11 Å². The number of pyridine rings is 1. The molecule has 2 heteroatoms. The van der Waals surface area contributed by atoms with E-state index in [2.05, 4.69) is 4.98 Å². The molecular formula is C10H15NO. The van der Waals surface area contributed by atoms with Gasteiger partial charge in [-0.25, -0.2) is 0 Å². The second kappa shape index (κ2) is 4.88. The number of aliphatic hydroxyl groups excluding tert-OH is 1. The summed E-state index contributed by atoms with van der Waals surface area (Å²) in [4.78, 5) is 4.01. The van der Waals surface area contributed by atoms with Crippen molar-refractivity contribution in [2.24, 2.45) is 0 Å². The molecule has 1 atom stereocenters. The van der Waals surface area contributed by atoms with Crippen LogP contribution in [0, 0.1) is 0 Å². The van der Waals surface area contributed by atoms with Crippen LogP contribution in [0.5, 0.6) is 0 Å². The summed E-state index contributed by atoms with van der Waals surface area (Å²) >= 11 is 0. The molecule has 0 bridgehead atoms. The van der Waals surface area contributed by atoms with Crippen molar-refractivity contribution in [3.05, 3.63) is 30.1 Å². The molecule has 1 aromatic rings. The zero-order chi connectivity index (χ0) is 8.81. The fourth-order valence-electron chi connectivity index (χ4n) is 1.08. The molecule has 0 unspecified atom stereocenters. The first-order valence-corrected chi connectivity index (χ1v) is 4.40. The molecule has 0 saturated carbocycles. The molecule has 0 aliphatic rings. The second-order valence-corrected chi connectivity index (χ2v) is 2.96. The highest BCUT2D eigenvalue weighted by Gasteiger charge is 2.00. The third-order valence-electron chi connectivity index (χ3n) is 1.96. The topological polar surface area (TPSA) is 33.1 Å². The van der Waals surface area contributed by atoms with E-state index in [4.69, 9.17) is 0 Å². The number of aliphatic hydroxyl groups is 1. The van der Waals surface area contributed by atoms with Gasteiger partial charge in [0.05, 0.1) is 6.10 Å². The molecule has 0 aliphatic heterocycles. The number of aromatic nitrogens is 1. The molecule has 0 aliphatic carbocycles. The molecule has 0 spiro atoms. The van der Waals surface area contributed by atoms with Gasteiger partial charge in [0, 0.05) is 12.4 Å². The maximum Gasteiger partial charge on any atom is 0.0540 e. The summed E-state index contributed by atoms with van der Waals surface area (Å²) < 4.78 is 0. The van der Waals surface area contributed by atoms with Gasteiger partial charge in [-0.15, -0.1) is 0 Å². The molecule has 0 saturated heterocycles. The maximum absolute atomic E-state index is 9.30. The summed E-state index contributed by atoms with van der Waals surface area (Å²) in [5.74, 6) is 0. The molecule has 0 amide bonds. The normalized spacial score (nSPS) is 12.8. The van der Waals surface area contributed by atoms with Gasteiger partial charge in [-0.1, -0.05) is 13.0 Å². The van der Waals surface area contributed by atoms with Crippen molar-refractivity contribution in [1.82, 2.24) is 4.98 Å². The van der Waals surface area contributed by atoms with Crippen molar-refractivity contribution in [2.75, 3.05) is 0 Å². The first kappa shape index (κ1) is 9.20. The van der Waals surface area contributed by atoms with E-state index in [-0.39, 0.29) is 6.10 Å². The number of nitrogens with zero attached hydrogens (tertiary/aromatic N) is 1. The monoisotopic (exact) mass is 165 g/mol. The highest BCUT2D eigenvalue weighted by Crippen LogP contribution is 2.04. The minimum atomic E-state index is -0.162. The standard InChI is InChI=1S/C10H15NO/c1-2-10(12)6-5-9-4-3-7-11-8-9/h3-4,7-8,10,12H,2,5-6H2,1H3/t10-/m1/s1. The van der Waals surface area contributed by atoms with Gasteiger partial charge in [0.2, 0.25) is 0 Å². The Bertz CT molecular complexity index is 210. The number of hydrogen-bond acceptors (Lipinski definition) is 2. The number of hydrogen-bond donors (Lipinski definition) is 1. The Morgan fingerprint density at radius 2 is 2.42 bits per heavy atom. The third kappa shape index (κ3) is 3.01. The first-order chi connectivity index (χ1) is 5.83. The lowest BCUT2D eigenvalue weighted by molar-refractivity contribution is 0.160. The molecular weight excluding hydrogens is 150 g/mol. The van der Waals surface area contributed by atoms with Crippen LogP contribution >= 0.6 is 0 Å². The predicted octanol–water partition coefficient (Wildman–Crippen LogP) is 1.79. The van der Waals surface area contributed by atoms with Crippen LogP contribution in [0.15, 0.2) is 24.5 Å². The lowest BCUT2D eigenvalue weighted by Crippen LogP contribution is -2.05. The second-order valence-electron chi connectivity index (χ2n) is 2.96. The van der Waals surface area contributed by atoms with Gasteiger partial charge >= 0.3 is 0 Å². The van der Waals surface area contributed by atoms with E-state index in [1.54, 1.807) is 6.20 Å². The number of aryl methyl sites for hydroxylation is 1. The summed E-state index contributed by atoms with van der Waals surface area (Å²) in [6.45, 7) is 1.99. The summed E-state index contributed by atoms with van der Waals surface area (Å²) in [6, 6.07) is 3.96. The Hall–Kier alpha value is -0.890. The van der Waals surface area contributed by atoms with E-state index in [0.717, 1.165) is 19.3 Å². The lowest BCUT2D eigenvalue weighted by atomic mass is 10.1. The molecule has 1 heterocycles. The number of rotatable bonds is 4. The van der Waals surface area contributed by atoms with E-state index in [9.17, 15) is 5.11 Å². The minimum absolute atomic E-state index is 0.162. The Labute approximate surface area is 73.3 Å². The van der Waals surface area contributed by atoms with Crippen LogP contribution in [0.25, 0.3) is 0 Å². The van der Waals surface area contributed by atoms with Crippen LogP contribution in [0.1, 0.15) is 25.3 Å². The lowest BCUT2D eigenvalue weighted by Gasteiger charge is -2.06. The van der Waals surface area contributed by atoms with Gasteiger partial charge in [0.1, 0.15) is 0 Å². The van der Waals surface area contributed by atoms with E-state index in [1.807, 2.05) is 25.3 Å². The molecule has 66 valence electrons. The van der Waals surface area contributed by atoms with Crippen LogP contribution in [0.3, 0.4) is 0 Å². The van der Waals surface area contributed by atoms with Crippen molar-refractivity contribution in [2.45, 2.75) is 32.3 Å². The van der Waals surface area contributed by atoms with Gasteiger partial charge in [-0.3, -0.25) is 4.98 Å². The van der Waals surface area contributed by atoms with Crippen molar-refractivity contribution in [3.63, 3.8) is 0 Å². The Morgan fingerprint density at radius 1 is 1.58 bits per heavy atom. The van der Waals surface area contributed by atoms with Crippen LogP contribution < -0.4 is 0 Å². The zero-order valence-electron chi connectivity index (χ0n) is 7.40. The summed E-state index contributed by atoms with van der Waals surface area (Å²) in [7, 11) is 0. The van der Waals surface area contributed by atoms with Crippen LogP contribution in [-0.4, -0.2) is 16.2 Å². The molecule has 1 aromatic heterocycles. The largest absolute Gasteiger partial charge is 0.393 e. The van der Waals surface area contributed by atoms with E-state index >= 15 is 0 Å². The minimum Gasteiger partial charge on any atom is -0.393 e. The Kier molecular flexibility index (Phi) is 3.74. The molecule has 1 N–H and O–H groups in total. The fourth-order valence-corrected chi connectivity index (χ4v) is 1.08. The van der Waals surface area contributed by atoms with Crippen molar-refractivity contribution in [1.29, 1.82) is 0 Å². The van der Waals surface area contributed by atoms with Crippen LogP contribution in [0.4, 0.5) is 0 Å². The smallest absolute Gasteiger partial charge is 0.0540 e. The summed E-state index contributed by atoms with van der Waals surface area (Å²) in [6.07, 6.45) is 6.04. The van der Waals surface area contributed by atoms with Crippen molar-refractivity contribution >= 4 is 0 Å². The van der Waals surface area contributed by atoms with Crippen LogP contribution in [0.2, 0.25) is 0 Å². The quantitative estimate of drug-likeness (QED) is 0.737. The Morgan fingerprint density at radius 3 is 3.00 bits per heavy atom. The van der Waals surface area contributed by atoms with E-state index in [0.29, 0.717) is 0 Å². The van der Waals surface area contributed by atoms with Gasteiger partial charge < -0.3 is 5.11 Å². The van der Waals surface area contributed by atoms with Crippen molar-refractivity contribution in [3.8, 4) is 0 Å². The molecule has 1 rings (SSSR count). The van der Waals surface area contributed by atoms with E-state index in [1.165, 1.54) is 5.56 Å². The highest BCUT2D eigenvalue weighted by molar-refractivity contribution is 5.08. The average molecular weight is 165 g/mol.